The Morgan fingerprint density at radius 3 is 2.63 bits per heavy atom. The van der Waals surface area contributed by atoms with Crippen molar-refractivity contribution in [2.45, 2.75) is 13.8 Å². The number of quaternary nitrogens is 1. The van der Waals surface area contributed by atoms with Crippen molar-refractivity contribution < 1.29 is 9.09 Å². The summed E-state index contributed by atoms with van der Waals surface area (Å²) in [4.78, 5) is 0. The monoisotopic (exact) mass is 302 g/mol. The van der Waals surface area contributed by atoms with Gasteiger partial charge >= 0.3 is 0 Å². The Hall–Kier alpha value is -0.280. The predicted molar refractivity (Wildman–Crippen MR) is 87.3 cm³/mol. The molecule has 0 aliphatic carbocycles. The number of benzene rings is 1. The van der Waals surface area contributed by atoms with E-state index in [4.69, 9.17) is 4.52 Å². The van der Waals surface area contributed by atoms with Gasteiger partial charge in [-0.2, -0.15) is 0 Å². The molecule has 0 saturated heterocycles. The summed E-state index contributed by atoms with van der Waals surface area (Å²) in [5.74, 6) is 0.828. The first kappa shape index (κ1) is 16.8. The van der Waals surface area contributed by atoms with Crippen LogP contribution in [0.2, 0.25) is 0 Å². The van der Waals surface area contributed by atoms with Crippen molar-refractivity contribution >= 4 is 23.6 Å². The Morgan fingerprint density at radius 2 is 2.05 bits per heavy atom. The molecule has 1 aromatic rings. The zero-order valence-electron chi connectivity index (χ0n) is 12.5. The fraction of sp³-hybridized carbons (Fsp3) is 0.571. The summed E-state index contributed by atoms with van der Waals surface area (Å²) < 4.78 is 18.1. The first-order chi connectivity index (χ1) is 8.77. The average Bonchev–Trinajstić information content (AvgIpc) is 2.28. The fourth-order valence-corrected chi connectivity index (χ4v) is 5.03. The van der Waals surface area contributed by atoms with Gasteiger partial charge in [0.05, 0.1) is 33.0 Å². The van der Waals surface area contributed by atoms with Gasteiger partial charge in [-0.25, -0.2) is 0 Å². The van der Waals surface area contributed by atoms with Gasteiger partial charge in [-0.1, -0.05) is 23.5 Å². The molecule has 0 saturated carbocycles. The second-order valence-electron chi connectivity index (χ2n) is 5.27. The molecule has 1 aromatic carbocycles. The highest BCUT2D eigenvalue weighted by molar-refractivity contribution is 8.56. The molecule has 0 spiro atoms. The van der Waals surface area contributed by atoms with Crippen molar-refractivity contribution in [2.24, 2.45) is 0 Å². The van der Waals surface area contributed by atoms with Crippen LogP contribution in [-0.4, -0.2) is 39.7 Å². The van der Waals surface area contributed by atoms with Crippen LogP contribution in [0.15, 0.2) is 24.3 Å². The van der Waals surface area contributed by atoms with Crippen LogP contribution in [0.1, 0.15) is 12.5 Å². The molecule has 0 amide bonds. The normalized spacial score (nSPS) is 15.2. The number of rotatable bonds is 7. The smallest absolute Gasteiger partial charge is 0.254 e. The first-order valence-electron chi connectivity index (χ1n) is 6.54. The summed E-state index contributed by atoms with van der Waals surface area (Å²) >= 11 is 1.45. The largest absolute Gasteiger partial charge is 0.322 e. The van der Waals surface area contributed by atoms with Gasteiger partial charge in [-0.15, -0.1) is 0 Å². The third-order valence-corrected chi connectivity index (χ3v) is 6.87. The van der Waals surface area contributed by atoms with Crippen molar-refractivity contribution in [2.75, 3.05) is 39.7 Å². The number of hydrogen-bond donors (Lipinski definition) is 0. The lowest BCUT2D eigenvalue weighted by atomic mass is 10.2. The molecule has 0 bridgehead atoms. The van der Waals surface area contributed by atoms with Crippen molar-refractivity contribution in [3.8, 4) is 0 Å². The highest BCUT2D eigenvalue weighted by Gasteiger charge is 2.22. The fourth-order valence-electron chi connectivity index (χ4n) is 1.84. The second kappa shape index (κ2) is 6.94. The third kappa shape index (κ3) is 5.70. The van der Waals surface area contributed by atoms with E-state index >= 15 is 0 Å². The third-order valence-electron chi connectivity index (χ3n) is 3.04. The molecule has 1 unspecified atom stereocenters. The number of nitrogens with zero attached hydrogens (tertiary/aromatic N) is 1. The standard InChI is InChI=1S/C14H25NO2PS/c1-6-17-18(5,16)19-11-10-15(3,4)14-9-7-8-13(2)12-14/h7-9,12H,6,10-11H2,1-5H3/q+1. The van der Waals surface area contributed by atoms with Gasteiger partial charge < -0.3 is 4.52 Å². The van der Waals surface area contributed by atoms with E-state index in [1.165, 1.54) is 22.6 Å². The Kier molecular flexibility index (Phi) is 6.13. The van der Waals surface area contributed by atoms with Crippen LogP contribution in [0.25, 0.3) is 0 Å². The molecule has 0 aliphatic rings. The zero-order valence-corrected chi connectivity index (χ0v) is 14.3. The predicted octanol–water partition coefficient (Wildman–Crippen LogP) is 4.15. The van der Waals surface area contributed by atoms with Gasteiger partial charge in [-0.05, 0) is 25.5 Å². The molecule has 19 heavy (non-hydrogen) atoms. The van der Waals surface area contributed by atoms with Crippen molar-refractivity contribution in [1.82, 2.24) is 4.48 Å². The molecule has 108 valence electrons. The van der Waals surface area contributed by atoms with Gasteiger partial charge in [0.15, 0.2) is 0 Å². The summed E-state index contributed by atoms with van der Waals surface area (Å²) in [6, 6.07) is 8.54. The van der Waals surface area contributed by atoms with E-state index in [0.717, 1.165) is 16.8 Å². The van der Waals surface area contributed by atoms with Crippen LogP contribution >= 0.6 is 18.0 Å². The van der Waals surface area contributed by atoms with Crippen LogP contribution in [0.3, 0.4) is 0 Å². The van der Waals surface area contributed by atoms with Crippen LogP contribution in [0, 0.1) is 6.92 Å². The van der Waals surface area contributed by atoms with E-state index in [9.17, 15) is 4.57 Å². The highest BCUT2D eigenvalue weighted by Crippen LogP contribution is 2.55. The SMILES string of the molecule is CCOP(C)(=O)SCC[N+](C)(C)c1cccc(C)c1. The van der Waals surface area contributed by atoms with Gasteiger partial charge in [0, 0.05) is 12.7 Å². The average molecular weight is 302 g/mol. The topological polar surface area (TPSA) is 26.3 Å². The highest BCUT2D eigenvalue weighted by atomic mass is 32.7. The molecule has 1 rings (SSSR count). The zero-order chi connectivity index (χ0) is 14.5. The summed E-state index contributed by atoms with van der Waals surface area (Å²) in [7, 11) is 4.35. The van der Waals surface area contributed by atoms with Gasteiger partial charge in [0.1, 0.15) is 5.69 Å². The Morgan fingerprint density at radius 1 is 1.37 bits per heavy atom. The minimum atomic E-state index is -2.47. The first-order valence-corrected chi connectivity index (χ1v) is 10.2. The number of hydrogen-bond acceptors (Lipinski definition) is 3. The molecule has 1 atom stereocenters. The number of aryl methyl sites for hydroxylation is 1. The Bertz CT molecular complexity index is 463. The maximum atomic E-state index is 12.0. The molecule has 5 heteroatoms. The van der Waals surface area contributed by atoms with Crippen LogP contribution in [0.4, 0.5) is 5.69 Å². The summed E-state index contributed by atoms with van der Waals surface area (Å²) in [5.41, 5.74) is 2.55. The van der Waals surface area contributed by atoms with E-state index in [1.807, 2.05) is 6.92 Å². The molecule has 0 N–H and O–H groups in total. The van der Waals surface area contributed by atoms with Crippen LogP contribution in [-0.2, 0) is 9.09 Å². The molecule has 0 aliphatic heterocycles. The summed E-state index contributed by atoms with van der Waals surface area (Å²) in [6.45, 7) is 4.65. The maximum Gasteiger partial charge on any atom is 0.254 e. The lowest BCUT2D eigenvalue weighted by molar-refractivity contribution is 0.349. The van der Waals surface area contributed by atoms with Crippen molar-refractivity contribution in [3.63, 3.8) is 0 Å². The van der Waals surface area contributed by atoms with Gasteiger partial charge in [0.2, 0.25) is 0 Å². The van der Waals surface area contributed by atoms with Crippen molar-refractivity contribution in [3.05, 3.63) is 29.8 Å². The molecule has 0 fully saturated rings. The lowest BCUT2D eigenvalue weighted by Crippen LogP contribution is -2.42. The van der Waals surface area contributed by atoms with E-state index in [2.05, 4.69) is 45.3 Å². The minimum absolute atomic E-state index is 0.511. The van der Waals surface area contributed by atoms with Gasteiger partial charge in [-0.3, -0.25) is 9.05 Å². The molecule has 0 radical (unpaired) electrons. The van der Waals surface area contributed by atoms with Crippen LogP contribution < -0.4 is 4.48 Å². The second-order valence-corrected chi connectivity index (χ2v) is 10.5. The summed E-state index contributed by atoms with van der Waals surface area (Å²) in [5, 5.41) is 0. The maximum absolute atomic E-state index is 12.0. The van der Waals surface area contributed by atoms with Crippen molar-refractivity contribution in [1.29, 1.82) is 0 Å². The minimum Gasteiger partial charge on any atom is -0.322 e. The summed E-state index contributed by atoms with van der Waals surface area (Å²) in [6.07, 6.45) is 0. The van der Waals surface area contributed by atoms with E-state index in [0.29, 0.717) is 6.61 Å². The molecular formula is C14H25NO2PS+. The quantitative estimate of drug-likeness (QED) is 0.559. The lowest BCUT2D eigenvalue weighted by Gasteiger charge is -2.29. The van der Waals surface area contributed by atoms with Crippen LogP contribution in [0.5, 0.6) is 0 Å². The Labute approximate surface area is 121 Å². The molecule has 0 heterocycles. The molecule has 3 nitrogen and oxygen atoms in total. The molecular weight excluding hydrogens is 277 g/mol. The molecule has 0 aromatic heterocycles. The Balaban J connectivity index is 2.59. The van der Waals surface area contributed by atoms with E-state index in [1.54, 1.807) is 6.66 Å². The van der Waals surface area contributed by atoms with E-state index < -0.39 is 6.57 Å². The van der Waals surface area contributed by atoms with Gasteiger partial charge in [0.25, 0.3) is 6.57 Å². The van der Waals surface area contributed by atoms with E-state index in [-0.39, 0.29) is 0 Å².